The summed E-state index contributed by atoms with van der Waals surface area (Å²) in [5.74, 6) is 1.03. The maximum atomic E-state index is 13.0. The zero-order valence-electron chi connectivity index (χ0n) is 19.6. The number of halogens is 1. The summed E-state index contributed by atoms with van der Waals surface area (Å²) in [6.45, 7) is 0. The van der Waals surface area contributed by atoms with Crippen LogP contribution in [0.5, 0.6) is 11.5 Å². The van der Waals surface area contributed by atoms with Crippen molar-refractivity contribution in [1.82, 2.24) is 9.72 Å². The first-order chi connectivity index (χ1) is 17.8. The highest BCUT2D eigenvalue weighted by molar-refractivity contribution is 7.92. The van der Waals surface area contributed by atoms with Gasteiger partial charge in [-0.15, -0.1) is 0 Å². The second kappa shape index (κ2) is 9.64. The van der Waals surface area contributed by atoms with Crippen LogP contribution in [0.2, 0.25) is 5.02 Å². The quantitative estimate of drug-likeness (QED) is 0.306. The van der Waals surface area contributed by atoms with E-state index in [1.54, 1.807) is 37.4 Å². The van der Waals surface area contributed by atoms with Gasteiger partial charge in [-0.1, -0.05) is 35.0 Å². The molecule has 9 nitrogen and oxygen atoms in total. The summed E-state index contributed by atoms with van der Waals surface area (Å²) in [6.07, 6.45) is 1.26. The lowest BCUT2D eigenvalue weighted by Crippen LogP contribution is -2.18. The molecule has 0 aliphatic heterocycles. The second-order valence-electron chi connectivity index (χ2n) is 7.93. The number of fused-ring (bicyclic) bond motifs is 1. The first-order valence-electron chi connectivity index (χ1n) is 10.9. The van der Waals surface area contributed by atoms with E-state index in [1.807, 2.05) is 18.2 Å². The summed E-state index contributed by atoms with van der Waals surface area (Å²) < 4.78 is 45.1. The van der Waals surface area contributed by atoms with Crippen LogP contribution in [0.1, 0.15) is 0 Å². The minimum Gasteiger partial charge on any atom is -0.495 e. The Bertz CT molecular complexity index is 1780. The van der Waals surface area contributed by atoms with Gasteiger partial charge < -0.3 is 14.0 Å². The second-order valence-corrected chi connectivity index (χ2v) is 9.99. The Labute approximate surface area is 216 Å². The molecule has 3 aromatic carbocycles. The normalized spacial score (nSPS) is 11.4. The summed E-state index contributed by atoms with van der Waals surface area (Å²) in [5, 5.41) is 4.56. The van der Waals surface area contributed by atoms with Crippen molar-refractivity contribution in [2.45, 2.75) is 4.90 Å². The molecule has 0 saturated heterocycles. The van der Waals surface area contributed by atoms with Gasteiger partial charge in [0, 0.05) is 23.1 Å². The maximum absolute atomic E-state index is 13.0. The molecule has 37 heavy (non-hydrogen) atoms. The molecule has 0 atom stereocenters. The third kappa shape index (κ3) is 4.52. The van der Waals surface area contributed by atoms with Crippen molar-refractivity contribution >= 4 is 38.3 Å². The molecular formula is C26H20ClN3O6S. The number of sulfonamides is 1. The monoisotopic (exact) mass is 537 g/mol. The van der Waals surface area contributed by atoms with E-state index < -0.39 is 10.0 Å². The minimum absolute atomic E-state index is 0.00294. The van der Waals surface area contributed by atoms with Crippen molar-refractivity contribution in [1.29, 1.82) is 0 Å². The van der Waals surface area contributed by atoms with E-state index in [9.17, 15) is 13.2 Å². The van der Waals surface area contributed by atoms with Crippen LogP contribution in [0, 0.1) is 0 Å². The van der Waals surface area contributed by atoms with Crippen LogP contribution in [0.15, 0.2) is 93.3 Å². The topological polar surface area (TPSA) is 113 Å². The third-order valence-corrected chi connectivity index (χ3v) is 7.51. The van der Waals surface area contributed by atoms with Crippen molar-refractivity contribution < 1.29 is 22.4 Å². The van der Waals surface area contributed by atoms with E-state index in [1.165, 1.54) is 42.2 Å². The molecule has 0 saturated carbocycles. The van der Waals surface area contributed by atoms with E-state index in [0.29, 0.717) is 33.1 Å². The van der Waals surface area contributed by atoms with Crippen molar-refractivity contribution in [2.24, 2.45) is 0 Å². The Morgan fingerprint density at radius 2 is 1.76 bits per heavy atom. The molecule has 1 N–H and O–H groups in total. The highest BCUT2D eigenvalue weighted by atomic mass is 35.5. The number of ether oxygens (including phenoxy) is 2. The number of anilines is 1. The Morgan fingerprint density at radius 1 is 0.946 bits per heavy atom. The molecule has 2 aromatic heterocycles. The molecule has 11 heteroatoms. The van der Waals surface area contributed by atoms with Crippen LogP contribution >= 0.6 is 11.6 Å². The van der Waals surface area contributed by atoms with Crippen LogP contribution in [-0.4, -0.2) is 32.4 Å². The fourth-order valence-electron chi connectivity index (χ4n) is 4.02. The Balaban J connectivity index is 1.61. The minimum atomic E-state index is -3.93. The Morgan fingerprint density at radius 3 is 2.49 bits per heavy atom. The summed E-state index contributed by atoms with van der Waals surface area (Å²) in [5.41, 5.74) is 2.18. The molecule has 0 spiro atoms. The number of benzene rings is 3. The first-order valence-corrected chi connectivity index (χ1v) is 12.8. The predicted molar refractivity (Wildman–Crippen MR) is 140 cm³/mol. The van der Waals surface area contributed by atoms with Gasteiger partial charge >= 0.3 is 0 Å². The number of aromatic nitrogens is 2. The molecule has 0 unspecified atom stereocenters. The van der Waals surface area contributed by atoms with Crippen molar-refractivity contribution in [3.05, 3.63) is 94.4 Å². The fourth-order valence-corrected chi connectivity index (χ4v) is 5.36. The zero-order chi connectivity index (χ0) is 26.2. The smallest absolute Gasteiger partial charge is 0.263 e. The van der Waals surface area contributed by atoms with E-state index in [0.717, 1.165) is 11.1 Å². The highest BCUT2D eigenvalue weighted by Crippen LogP contribution is 2.38. The molecule has 0 bridgehead atoms. The van der Waals surface area contributed by atoms with Crippen molar-refractivity contribution in [3.63, 3.8) is 0 Å². The van der Waals surface area contributed by atoms with E-state index in [2.05, 4.69) is 14.4 Å². The summed E-state index contributed by atoms with van der Waals surface area (Å²) in [6, 6.07) is 19.6. The summed E-state index contributed by atoms with van der Waals surface area (Å²) >= 11 is 6.51. The number of hydrogen-bond acceptors (Lipinski definition) is 7. The van der Waals surface area contributed by atoms with Crippen LogP contribution < -0.4 is 19.8 Å². The lowest BCUT2D eigenvalue weighted by molar-refractivity contribution is 0.413. The number of hydrogen-bond donors (Lipinski definition) is 1. The SMILES string of the molecule is COc1cc(-c2cccc(OC)c2Cl)ccc1-n1c(=O)ccc2cc(S(=O)(=O)Nc3ccon3)ccc21. The number of methoxy groups -OCH3 is 2. The van der Waals surface area contributed by atoms with Crippen LogP contribution in [0.25, 0.3) is 27.7 Å². The lowest BCUT2D eigenvalue weighted by atomic mass is 10.0. The van der Waals surface area contributed by atoms with Gasteiger partial charge in [-0.2, -0.15) is 0 Å². The van der Waals surface area contributed by atoms with Gasteiger partial charge in [-0.05, 0) is 48.0 Å². The molecule has 0 radical (unpaired) electrons. The molecule has 2 heterocycles. The highest BCUT2D eigenvalue weighted by Gasteiger charge is 2.19. The third-order valence-electron chi connectivity index (χ3n) is 5.77. The van der Waals surface area contributed by atoms with Gasteiger partial charge in [-0.25, -0.2) is 8.42 Å². The first kappa shape index (κ1) is 24.4. The van der Waals surface area contributed by atoms with Crippen LogP contribution in [0.3, 0.4) is 0 Å². The summed E-state index contributed by atoms with van der Waals surface area (Å²) in [4.78, 5) is 13.0. The van der Waals surface area contributed by atoms with Gasteiger partial charge in [0.1, 0.15) is 17.8 Å². The number of nitrogens with zero attached hydrogens (tertiary/aromatic N) is 2. The standard InChI is InChI=1S/C26H20ClN3O6S/c1-34-22-5-3-4-19(26(22)27)16-6-9-21(23(15-16)35-2)30-20-10-8-18(14-17(20)7-11-25(30)31)37(32,33)29-24-12-13-36-28-24/h3-15H,1-2H3,(H,28,29). The van der Waals surface area contributed by atoms with Crippen molar-refractivity contribution in [2.75, 3.05) is 18.9 Å². The fraction of sp³-hybridized carbons (Fsp3) is 0.0769. The Hall–Kier alpha value is -4.28. The van der Waals surface area contributed by atoms with Gasteiger partial charge in [0.15, 0.2) is 5.82 Å². The molecule has 0 amide bonds. The lowest BCUT2D eigenvalue weighted by Gasteiger charge is -2.16. The molecule has 5 rings (SSSR count). The number of rotatable bonds is 7. The average Bonchev–Trinajstić information content (AvgIpc) is 3.40. The largest absolute Gasteiger partial charge is 0.495 e. The summed E-state index contributed by atoms with van der Waals surface area (Å²) in [7, 11) is -0.878. The van der Waals surface area contributed by atoms with Crippen molar-refractivity contribution in [3.8, 4) is 28.3 Å². The van der Waals surface area contributed by atoms with Gasteiger partial charge in [0.2, 0.25) is 0 Å². The maximum Gasteiger partial charge on any atom is 0.263 e. The zero-order valence-corrected chi connectivity index (χ0v) is 21.2. The van der Waals surface area contributed by atoms with Gasteiger partial charge in [0.25, 0.3) is 15.6 Å². The Kier molecular flexibility index (Phi) is 6.36. The van der Waals surface area contributed by atoms with E-state index in [-0.39, 0.29) is 16.3 Å². The van der Waals surface area contributed by atoms with Gasteiger partial charge in [0.05, 0.1) is 35.3 Å². The van der Waals surface area contributed by atoms with Crippen LogP contribution in [-0.2, 0) is 10.0 Å². The molecule has 0 aliphatic rings. The molecule has 0 fully saturated rings. The van der Waals surface area contributed by atoms with Gasteiger partial charge in [-0.3, -0.25) is 14.1 Å². The number of nitrogens with one attached hydrogen (secondary N) is 1. The van der Waals surface area contributed by atoms with E-state index in [4.69, 9.17) is 21.1 Å². The molecule has 0 aliphatic carbocycles. The average molecular weight is 538 g/mol. The molecular weight excluding hydrogens is 518 g/mol. The predicted octanol–water partition coefficient (Wildman–Crippen LogP) is 5.12. The molecule has 188 valence electrons. The number of pyridine rings is 1. The van der Waals surface area contributed by atoms with Crippen LogP contribution in [0.4, 0.5) is 5.82 Å². The van der Waals surface area contributed by atoms with E-state index >= 15 is 0 Å². The molecule has 5 aromatic rings.